The Balaban J connectivity index is 2.77. The summed E-state index contributed by atoms with van der Waals surface area (Å²) < 4.78 is 12.8. The lowest BCUT2D eigenvalue weighted by Gasteiger charge is -2.26. The van der Waals surface area contributed by atoms with E-state index in [1.165, 1.54) is 12.1 Å². The van der Waals surface area contributed by atoms with Crippen LogP contribution in [0.1, 0.15) is 6.92 Å². The Labute approximate surface area is 101 Å². The summed E-state index contributed by atoms with van der Waals surface area (Å²) in [4.78, 5) is 13.1. The molecule has 0 saturated heterocycles. The van der Waals surface area contributed by atoms with Gasteiger partial charge in [0.1, 0.15) is 11.9 Å². The van der Waals surface area contributed by atoms with Crippen molar-refractivity contribution in [3.63, 3.8) is 0 Å². The van der Waals surface area contributed by atoms with E-state index >= 15 is 0 Å². The van der Waals surface area contributed by atoms with Crippen LogP contribution in [-0.4, -0.2) is 32.1 Å². The quantitative estimate of drug-likeness (QED) is 0.769. The predicted molar refractivity (Wildman–Crippen MR) is 66.3 cm³/mol. The SMILES string of the molecule is CCN(CC(NC)C(N)=O)c1ccc(F)cc1. The molecule has 1 aromatic rings. The summed E-state index contributed by atoms with van der Waals surface area (Å²) >= 11 is 0. The lowest BCUT2D eigenvalue weighted by atomic mass is 10.2. The van der Waals surface area contributed by atoms with Crippen LogP contribution in [0.4, 0.5) is 10.1 Å². The summed E-state index contributed by atoms with van der Waals surface area (Å²) in [6.07, 6.45) is 0. The van der Waals surface area contributed by atoms with E-state index in [0.717, 1.165) is 12.2 Å². The third kappa shape index (κ3) is 3.71. The van der Waals surface area contributed by atoms with Crippen LogP contribution in [0.25, 0.3) is 0 Å². The van der Waals surface area contributed by atoms with Crippen molar-refractivity contribution in [2.75, 3.05) is 25.0 Å². The van der Waals surface area contributed by atoms with Crippen LogP contribution in [0, 0.1) is 5.82 Å². The molecule has 0 radical (unpaired) electrons. The number of benzene rings is 1. The molecule has 1 amide bonds. The third-order valence-electron chi connectivity index (χ3n) is 2.67. The number of carbonyl (C=O) groups excluding carboxylic acids is 1. The maximum atomic E-state index is 12.8. The molecule has 0 aromatic heterocycles. The minimum atomic E-state index is -0.417. The first kappa shape index (κ1) is 13.4. The number of nitrogens with one attached hydrogen (secondary N) is 1. The molecule has 0 spiro atoms. The van der Waals surface area contributed by atoms with Gasteiger partial charge in [0.25, 0.3) is 0 Å². The number of likely N-dealkylation sites (N-methyl/N-ethyl adjacent to an activating group) is 2. The smallest absolute Gasteiger partial charge is 0.236 e. The number of halogens is 1. The Morgan fingerprint density at radius 1 is 1.47 bits per heavy atom. The summed E-state index contributed by atoms with van der Waals surface area (Å²) in [5, 5.41) is 2.86. The average Bonchev–Trinajstić information content (AvgIpc) is 2.32. The van der Waals surface area contributed by atoms with Gasteiger partial charge in [-0.05, 0) is 38.2 Å². The molecule has 0 saturated carbocycles. The second-order valence-electron chi connectivity index (χ2n) is 3.76. The largest absolute Gasteiger partial charge is 0.370 e. The van der Waals surface area contributed by atoms with Gasteiger partial charge in [-0.15, -0.1) is 0 Å². The van der Waals surface area contributed by atoms with Gasteiger partial charge in [-0.1, -0.05) is 0 Å². The zero-order valence-corrected chi connectivity index (χ0v) is 10.1. The number of rotatable bonds is 6. The summed E-state index contributed by atoms with van der Waals surface area (Å²) in [6.45, 7) is 3.15. The van der Waals surface area contributed by atoms with E-state index in [9.17, 15) is 9.18 Å². The van der Waals surface area contributed by atoms with Gasteiger partial charge in [0.2, 0.25) is 5.91 Å². The minimum Gasteiger partial charge on any atom is -0.370 e. The number of hydrogen-bond acceptors (Lipinski definition) is 3. The van der Waals surface area contributed by atoms with Gasteiger partial charge in [0, 0.05) is 18.8 Å². The second kappa shape index (κ2) is 6.20. The van der Waals surface area contributed by atoms with Crippen LogP contribution < -0.4 is 16.0 Å². The molecular formula is C12H18FN3O. The van der Waals surface area contributed by atoms with Gasteiger partial charge in [-0.3, -0.25) is 4.79 Å². The fourth-order valence-corrected chi connectivity index (χ4v) is 1.61. The lowest BCUT2D eigenvalue weighted by molar-refractivity contribution is -0.119. The van der Waals surface area contributed by atoms with E-state index in [2.05, 4.69) is 5.32 Å². The number of primary amides is 1. The Morgan fingerprint density at radius 3 is 2.47 bits per heavy atom. The highest BCUT2D eigenvalue weighted by Gasteiger charge is 2.16. The minimum absolute atomic E-state index is 0.273. The fraction of sp³-hybridized carbons (Fsp3) is 0.417. The Kier molecular flexibility index (Phi) is 4.90. The van der Waals surface area contributed by atoms with E-state index in [0.29, 0.717) is 6.54 Å². The molecule has 1 atom stereocenters. The zero-order chi connectivity index (χ0) is 12.8. The Morgan fingerprint density at radius 2 is 2.06 bits per heavy atom. The summed E-state index contributed by atoms with van der Waals surface area (Å²) in [5.41, 5.74) is 6.14. The van der Waals surface area contributed by atoms with Crippen molar-refractivity contribution < 1.29 is 9.18 Å². The van der Waals surface area contributed by atoms with E-state index in [1.807, 2.05) is 11.8 Å². The topological polar surface area (TPSA) is 58.4 Å². The Bertz CT molecular complexity index is 367. The molecule has 1 unspecified atom stereocenters. The number of carbonyl (C=O) groups is 1. The molecule has 1 aromatic carbocycles. The number of anilines is 1. The summed E-state index contributed by atoms with van der Waals surface area (Å²) in [6, 6.07) is 5.76. The van der Waals surface area contributed by atoms with Crippen LogP contribution in [0.3, 0.4) is 0 Å². The molecule has 0 aliphatic rings. The fourth-order valence-electron chi connectivity index (χ4n) is 1.61. The van der Waals surface area contributed by atoms with Crippen molar-refractivity contribution in [3.8, 4) is 0 Å². The molecule has 0 aliphatic carbocycles. The molecule has 5 heteroatoms. The highest BCUT2D eigenvalue weighted by atomic mass is 19.1. The molecular weight excluding hydrogens is 221 g/mol. The summed E-state index contributed by atoms with van der Waals surface area (Å²) in [5.74, 6) is -0.669. The van der Waals surface area contributed by atoms with Gasteiger partial charge in [0.15, 0.2) is 0 Å². The van der Waals surface area contributed by atoms with Crippen molar-refractivity contribution in [2.45, 2.75) is 13.0 Å². The summed E-state index contributed by atoms with van der Waals surface area (Å²) in [7, 11) is 1.69. The van der Waals surface area contributed by atoms with Crippen molar-refractivity contribution in [1.29, 1.82) is 0 Å². The lowest BCUT2D eigenvalue weighted by Crippen LogP contribution is -2.47. The molecule has 0 fully saturated rings. The van der Waals surface area contributed by atoms with Crippen molar-refractivity contribution >= 4 is 11.6 Å². The second-order valence-corrected chi connectivity index (χ2v) is 3.76. The molecule has 3 N–H and O–H groups in total. The molecule has 0 bridgehead atoms. The monoisotopic (exact) mass is 239 g/mol. The molecule has 0 aliphatic heterocycles. The number of amides is 1. The van der Waals surface area contributed by atoms with E-state index < -0.39 is 11.9 Å². The van der Waals surface area contributed by atoms with Crippen LogP contribution in [0.5, 0.6) is 0 Å². The highest BCUT2D eigenvalue weighted by Crippen LogP contribution is 2.14. The first-order chi connectivity index (χ1) is 8.08. The maximum absolute atomic E-state index is 12.8. The normalized spacial score (nSPS) is 12.2. The molecule has 17 heavy (non-hydrogen) atoms. The van der Waals surface area contributed by atoms with Crippen LogP contribution in [0.2, 0.25) is 0 Å². The first-order valence-electron chi connectivity index (χ1n) is 5.55. The van der Waals surface area contributed by atoms with Crippen LogP contribution >= 0.6 is 0 Å². The molecule has 94 valence electrons. The van der Waals surface area contributed by atoms with Crippen molar-refractivity contribution in [3.05, 3.63) is 30.1 Å². The number of nitrogens with zero attached hydrogens (tertiary/aromatic N) is 1. The third-order valence-corrected chi connectivity index (χ3v) is 2.67. The Hall–Kier alpha value is -1.62. The standard InChI is InChI=1S/C12H18FN3O/c1-3-16(8-11(15-2)12(14)17)10-6-4-9(13)5-7-10/h4-7,11,15H,3,8H2,1-2H3,(H2,14,17). The molecule has 1 rings (SSSR count). The van der Waals surface area contributed by atoms with Gasteiger partial charge in [-0.2, -0.15) is 0 Å². The van der Waals surface area contributed by atoms with Gasteiger partial charge >= 0.3 is 0 Å². The molecule has 4 nitrogen and oxygen atoms in total. The average molecular weight is 239 g/mol. The molecule has 0 heterocycles. The van der Waals surface area contributed by atoms with Gasteiger partial charge < -0.3 is 16.0 Å². The van der Waals surface area contributed by atoms with E-state index in [1.54, 1.807) is 19.2 Å². The van der Waals surface area contributed by atoms with Gasteiger partial charge in [0.05, 0.1) is 0 Å². The zero-order valence-electron chi connectivity index (χ0n) is 10.1. The van der Waals surface area contributed by atoms with Crippen molar-refractivity contribution in [2.24, 2.45) is 5.73 Å². The van der Waals surface area contributed by atoms with Crippen LogP contribution in [-0.2, 0) is 4.79 Å². The van der Waals surface area contributed by atoms with Crippen LogP contribution in [0.15, 0.2) is 24.3 Å². The highest BCUT2D eigenvalue weighted by molar-refractivity contribution is 5.80. The van der Waals surface area contributed by atoms with E-state index in [4.69, 9.17) is 5.73 Å². The van der Waals surface area contributed by atoms with Gasteiger partial charge in [-0.25, -0.2) is 4.39 Å². The predicted octanol–water partition coefficient (Wildman–Crippen LogP) is 0.725. The maximum Gasteiger partial charge on any atom is 0.236 e. The van der Waals surface area contributed by atoms with E-state index in [-0.39, 0.29) is 5.82 Å². The number of hydrogen-bond donors (Lipinski definition) is 2. The number of nitrogens with two attached hydrogens (primary N) is 1. The van der Waals surface area contributed by atoms with Crippen molar-refractivity contribution in [1.82, 2.24) is 5.32 Å². The first-order valence-corrected chi connectivity index (χ1v) is 5.55.